The number of benzene rings is 1. The quantitative estimate of drug-likeness (QED) is 0.855. The molecule has 1 aliphatic heterocycles. The molecule has 0 spiro atoms. The van der Waals surface area contributed by atoms with Crippen molar-refractivity contribution in [3.05, 3.63) is 24.3 Å². The van der Waals surface area contributed by atoms with Crippen molar-refractivity contribution in [2.24, 2.45) is 0 Å². The van der Waals surface area contributed by atoms with Crippen molar-refractivity contribution in [2.45, 2.75) is 17.4 Å². The van der Waals surface area contributed by atoms with Crippen LogP contribution in [0.2, 0.25) is 0 Å². The summed E-state index contributed by atoms with van der Waals surface area (Å²) in [7, 11) is -0.746. The van der Waals surface area contributed by atoms with Crippen LogP contribution in [0.1, 0.15) is 6.92 Å². The van der Waals surface area contributed by atoms with Crippen LogP contribution in [0.3, 0.4) is 0 Å². The number of morpholine rings is 1. The third-order valence-electron chi connectivity index (χ3n) is 3.63. The zero-order chi connectivity index (χ0) is 16.4. The van der Waals surface area contributed by atoms with Crippen molar-refractivity contribution in [2.75, 3.05) is 33.9 Å². The fourth-order valence-electron chi connectivity index (χ4n) is 2.35. The minimum atomic E-state index is -3.71. The van der Waals surface area contributed by atoms with Crippen LogP contribution < -0.4 is 10.1 Å². The molecule has 1 N–H and O–H groups in total. The van der Waals surface area contributed by atoms with Gasteiger partial charge in [-0.15, -0.1) is 0 Å². The highest BCUT2D eigenvalue weighted by atomic mass is 32.2. The number of likely N-dealkylation sites (N-methyl/N-ethyl adjacent to an activating group) is 1. The standard InChI is InChI=1S/C14H20N2O5S/c1-14(13(17)15-2)10-16(7-8-21-14)22(18,19)12-6-4-5-11(9-12)20-3/h4-6,9H,7-8,10H2,1-3H3,(H,15,17)/t14-/m1/s1. The minimum absolute atomic E-state index is 0.0355. The second kappa shape index (κ2) is 6.23. The van der Waals surface area contributed by atoms with E-state index in [4.69, 9.17) is 9.47 Å². The third kappa shape index (κ3) is 3.08. The van der Waals surface area contributed by atoms with E-state index in [-0.39, 0.29) is 30.5 Å². The van der Waals surface area contributed by atoms with Gasteiger partial charge in [0.2, 0.25) is 10.0 Å². The molecule has 0 radical (unpaired) electrons. The van der Waals surface area contributed by atoms with E-state index in [1.807, 2.05) is 0 Å². The van der Waals surface area contributed by atoms with E-state index in [2.05, 4.69) is 5.32 Å². The lowest BCUT2D eigenvalue weighted by atomic mass is 10.0. The number of carbonyl (C=O) groups is 1. The SMILES string of the molecule is CNC(=O)[C@@]1(C)CN(S(=O)(=O)c2cccc(OC)c2)CCO1. The number of methoxy groups -OCH3 is 1. The first kappa shape index (κ1) is 16.7. The predicted molar refractivity (Wildman–Crippen MR) is 80.2 cm³/mol. The molecular weight excluding hydrogens is 308 g/mol. The summed E-state index contributed by atoms with van der Waals surface area (Å²) in [5, 5.41) is 2.50. The lowest BCUT2D eigenvalue weighted by Gasteiger charge is -2.38. The number of nitrogens with one attached hydrogen (secondary N) is 1. The number of ether oxygens (including phenoxy) is 2. The van der Waals surface area contributed by atoms with E-state index in [0.29, 0.717) is 5.75 Å². The highest BCUT2D eigenvalue weighted by Gasteiger charge is 2.42. The fraction of sp³-hybridized carbons (Fsp3) is 0.500. The Kier molecular flexibility index (Phi) is 4.74. The average molecular weight is 328 g/mol. The van der Waals surface area contributed by atoms with Crippen LogP contribution in [0.4, 0.5) is 0 Å². The Bertz CT molecular complexity index is 661. The van der Waals surface area contributed by atoms with E-state index in [0.717, 1.165) is 0 Å². The van der Waals surface area contributed by atoms with Crippen molar-refractivity contribution in [3.8, 4) is 5.75 Å². The van der Waals surface area contributed by atoms with Gasteiger partial charge in [0, 0.05) is 19.7 Å². The maximum Gasteiger partial charge on any atom is 0.253 e. The summed E-state index contributed by atoms with van der Waals surface area (Å²) < 4.78 is 37.3. The van der Waals surface area contributed by atoms with E-state index in [1.165, 1.54) is 30.6 Å². The van der Waals surface area contributed by atoms with Gasteiger partial charge in [-0.05, 0) is 19.1 Å². The molecule has 7 nitrogen and oxygen atoms in total. The molecule has 1 amide bonds. The molecule has 1 aliphatic rings. The van der Waals surface area contributed by atoms with Gasteiger partial charge in [0.05, 0.1) is 25.2 Å². The van der Waals surface area contributed by atoms with Crippen LogP contribution in [0.25, 0.3) is 0 Å². The molecule has 0 aliphatic carbocycles. The van der Waals surface area contributed by atoms with E-state index >= 15 is 0 Å². The molecule has 1 saturated heterocycles. The van der Waals surface area contributed by atoms with Crippen molar-refractivity contribution < 1.29 is 22.7 Å². The highest BCUT2D eigenvalue weighted by molar-refractivity contribution is 7.89. The molecule has 1 fully saturated rings. The van der Waals surface area contributed by atoms with E-state index < -0.39 is 15.6 Å². The summed E-state index contributed by atoms with van der Waals surface area (Å²) in [6.45, 7) is 1.91. The number of sulfonamides is 1. The zero-order valence-corrected chi connectivity index (χ0v) is 13.6. The largest absolute Gasteiger partial charge is 0.497 e. The van der Waals surface area contributed by atoms with Crippen LogP contribution in [-0.2, 0) is 19.6 Å². The van der Waals surface area contributed by atoms with Crippen LogP contribution in [-0.4, -0.2) is 58.1 Å². The van der Waals surface area contributed by atoms with Crippen LogP contribution in [0.15, 0.2) is 29.2 Å². The topological polar surface area (TPSA) is 84.9 Å². The Morgan fingerprint density at radius 1 is 1.45 bits per heavy atom. The Morgan fingerprint density at radius 2 is 2.18 bits per heavy atom. The van der Waals surface area contributed by atoms with Crippen molar-refractivity contribution in [1.29, 1.82) is 0 Å². The van der Waals surface area contributed by atoms with Crippen LogP contribution in [0, 0.1) is 0 Å². The normalized spacial score (nSPS) is 23.0. The van der Waals surface area contributed by atoms with Gasteiger partial charge in [-0.3, -0.25) is 4.79 Å². The number of hydrogen-bond donors (Lipinski definition) is 1. The second-order valence-electron chi connectivity index (χ2n) is 5.18. The first-order chi connectivity index (χ1) is 10.3. The molecule has 1 heterocycles. The number of rotatable bonds is 4. The number of nitrogens with zero attached hydrogens (tertiary/aromatic N) is 1. The highest BCUT2D eigenvalue weighted by Crippen LogP contribution is 2.26. The molecule has 0 saturated carbocycles. The van der Waals surface area contributed by atoms with Gasteiger partial charge in [-0.1, -0.05) is 6.07 Å². The molecule has 122 valence electrons. The Labute approximate surface area is 130 Å². The lowest BCUT2D eigenvalue weighted by molar-refractivity contribution is -0.151. The summed E-state index contributed by atoms with van der Waals surface area (Å²) in [5.41, 5.74) is -1.20. The zero-order valence-electron chi connectivity index (χ0n) is 12.8. The molecule has 22 heavy (non-hydrogen) atoms. The first-order valence-corrected chi connectivity index (χ1v) is 8.28. The smallest absolute Gasteiger partial charge is 0.253 e. The summed E-state index contributed by atoms with van der Waals surface area (Å²) in [6, 6.07) is 6.25. The number of carbonyl (C=O) groups excluding carboxylic acids is 1. The maximum absolute atomic E-state index is 12.7. The molecular formula is C14H20N2O5S. The van der Waals surface area contributed by atoms with Gasteiger partial charge in [0.1, 0.15) is 5.75 Å². The van der Waals surface area contributed by atoms with Gasteiger partial charge in [0.15, 0.2) is 5.60 Å². The summed E-state index contributed by atoms with van der Waals surface area (Å²) >= 11 is 0. The number of amides is 1. The van der Waals surface area contributed by atoms with Gasteiger partial charge in [-0.2, -0.15) is 4.31 Å². The van der Waals surface area contributed by atoms with Gasteiger partial charge in [-0.25, -0.2) is 8.42 Å². The van der Waals surface area contributed by atoms with Crippen LogP contribution >= 0.6 is 0 Å². The first-order valence-electron chi connectivity index (χ1n) is 6.84. The van der Waals surface area contributed by atoms with Gasteiger partial charge < -0.3 is 14.8 Å². The van der Waals surface area contributed by atoms with Crippen molar-refractivity contribution in [3.63, 3.8) is 0 Å². The summed E-state index contributed by atoms with van der Waals surface area (Å²) in [6.07, 6.45) is 0. The van der Waals surface area contributed by atoms with E-state index in [9.17, 15) is 13.2 Å². The molecule has 0 bridgehead atoms. The van der Waals surface area contributed by atoms with Crippen molar-refractivity contribution >= 4 is 15.9 Å². The van der Waals surface area contributed by atoms with E-state index in [1.54, 1.807) is 19.1 Å². The van der Waals surface area contributed by atoms with Crippen molar-refractivity contribution in [1.82, 2.24) is 9.62 Å². The molecule has 2 rings (SSSR count). The molecule has 1 aromatic rings. The van der Waals surface area contributed by atoms with Crippen LogP contribution in [0.5, 0.6) is 5.75 Å². The monoisotopic (exact) mass is 328 g/mol. The average Bonchev–Trinajstić information content (AvgIpc) is 2.54. The molecule has 8 heteroatoms. The summed E-state index contributed by atoms with van der Waals surface area (Å²) in [4.78, 5) is 12.1. The minimum Gasteiger partial charge on any atom is -0.497 e. The molecule has 0 unspecified atom stereocenters. The van der Waals surface area contributed by atoms with Gasteiger partial charge in [0.25, 0.3) is 5.91 Å². The Morgan fingerprint density at radius 3 is 2.82 bits per heavy atom. The summed E-state index contributed by atoms with van der Waals surface area (Å²) in [5.74, 6) is 0.112. The van der Waals surface area contributed by atoms with Gasteiger partial charge >= 0.3 is 0 Å². The molecule has 1 aromatic carbocycles. The fourth-order valence-corrected chi connectivity index (χ4v) is 3.90. The molecule has 0 aromatic heterocycles. The Hall–Kier alpha value is -1.64. The predicted octanol–water partition coefficient (Wildman–Crippen LogP) is 0.221. The lowest BCUT2D eigenvalue weighted by Crippen LogP contribution is -2.58. The maximum atomic E-state index is 12.7. The third-order valence-corrected chi connectivity index (χ3v) is 5.47. The molecule has 1 atom stereocenters. The number of hydrogen-bond acceptors (Lipinski definition) is 5. The Balaban J connectivity index is 2.31. The second-order valence-corrected chi connectivity index (χ2v) is 7.11.